The molecule has 0 spiro atoms. The Morgan fingerprint density at radius 1 is 1.15 bits per heavy atom. The fourth-order valence-electron chi connectivity index (χ4n) is 4.46. The number of methoxy groups -OCH3 is 2. The Hall–Kier alpha value is -2.24. The van der Waals surface area contributed by atoms with Gasteiger partial charge in [-0.2, -0.15) is 0 Å². The summed E-state index contributed by atoms with van der Waals surface area (Å²) >= 11 is 0. The Kier molecular flexibility index (Phi) is 5.69. The van der Waals surface area contributed by atoms with Gasteiger partial charge in [0.1, 0.15) is 6.04 Å². The van der Waals surface area contributed by atoms with Crippen LogP contribution in [0, 0.1) is 5.92 Å². The summed E-state index contributed by atoms with van der Waals surface area (Å²) in [5.41, 5.74) is 0.974. The molecule has 1 aromatic carbocycles. The quantitative estimate of drug-likeness (QED) is 0.843. The van der Waals surface area contributed by atoms with Crippen LogP contribution in [-0.4, -0.2) is 48.2 Å². The molecule has 0 bridgehead atoms. The Morgan fingerprint density at radius 2 is 1.88 bits per heavy atom. The minimum absolute atomic E-state index is 0.0541. The number of hydrogen-bond donors (Lipinski definition) is 1. The summed E-state index contributed by atoms with van der Waals surface area (Å²) in [6.07, 6.45) is 5.64. The van der Waals surface area contributed by atoms with Crippen molar-refractivity contribution in [2.24, 2.45) is 5.92 Å². The first-order chi connectivity index (χ1) is 12.5. The molecule has 1 aliphatic heterocycles. The number of rotatable bonds is 6. The number of amides is 1. The third kappa shape index (κ3) is 3.64. The van der Waals surface area contributed by atoms with E-state index in [0.717, 1.165) is 31.2 Å². The van der Waals surface area contributed by atoms with Gasteiger partial charge in [-0.05, 0) is 49.3 Å². The summed E-state index contributed by atoms with van der Waals surface area (Å²) in [5.74, 6) is 0.697. The smallest absolute Gasteiger partial charge is 0.326 e. The molecule has 142 valence electrons. The molecule has 1 heterocycles. The summed E-state index contributed by atoms with van der Waals surface area (Å²) in [5, 5.41) is 9.57. The molecular weight excluding hydrogens is 334 g/mol. The number of carbonyl (C=O) groups is 2. The van der Waals surface area contributed by atoms with E-state index in [0.29, 0.717) is 36.7 Å². The minimum Gasteiger partial charge on any atom is -0.493 e. The molecule has 0 aromatic heterocycles. The van der Waals surface area contributed by atoms with Crippen LogP contribution in [0.3, 0.4) is 0 Å². The van der Waals surface area contributed by atoms with E-state index in [9.17, 15) is 14.7 Å². The van der Waals surface area contributed by atoms with Crippen molar-refractivity contribution in [1.29, 1.82) is 0 Å². The van der Waals surface area contributed by atoms with E-state index >= 15 is 0 Å². The van der Waals surface area contributed by atoms with Crippen molar-refractivity contribution in [3.63, 3.8) is 0 Å². The van der Waals surface area contributed by atoms with Crippen molar-refractivity contribution in [3.05, 3.63) is 23.8 Å². The van der Waals surface area contributed by atoms with Gasteiger partial charge >= 0.3 is 5.97 Å². The van der Waals surface area contributed by atoms with Crippen molar-refractivity contribution >= 4 is 11.9 Å². The van der Waals surface area contributed by atoms with E-state index in [1.807, 2.05) is 18.2 Å². The maximum absolute atomic E-state index is 12.9. The van der Waals surface area contributed by atoms with Gasteiger partial charge in [0.25, 0.3) is 0 Å². The lowest BCUT2D eigenvalue weighted by molar-refractivity contribution is -0.149. The number of likely N-dealkylation sites (tertiary alicyclic amines) is 1. The maximum Gasteiger partial charge on any atom is 0.326 e. The predicted molar refractivity (Wildman–Crippen MR) is 96.5 cm³/mol. The lowest BCUT2D eigenvalue weighted by atomic mass is 9.84. The molecular formula is C20H27NO5. The van der Waals surface area contributed by atoms with Gasteiger partial charge in [-0.15, -0.1) is 0 Å². The van der Waals surface area contributed by atoms with Crippen LogP contribution in [0.2, 0.25) is 0 Å². The molecule has 2 fully saturated rings. The topological polar surface area (TPSA) is 76.1 Å². The molecule has 1 saturated heterocycles. The van der Waals surface area contributed by atoms with Crippen LogP contribution < -0.4 is 9.47 Å². The first kappa shape index (κ1) is 18.5. The number of benzene rings is 1. The van der Waals surface area contributed by atoms with E-state index in [2.05, 4.69) is 0 Å². The maximum atomic E-state index is 12.9. The Labute approximate surface area is 154 Å². The van der Waals surface area contributed by atoms with Gasteiger partial charge in [0.2, 0.25) is 5.91 Å². The number of aliphatic carboxylic acids is 1. The second-order valence-electron chi connectivity index (χ2n) is 7.19. The summed E-state index contributed by atoms with van der Waals surface area (Å²) < 4.78 is 10.5. The monoisotopic (exact) mass is 361 g/mol. The van der Waals surface area contributed by atoms with Crippen molar-refractivity contribution in [1.82, 2.24) is 4.90 Å². The molecule has 1 N–H and O–H groups in total. The van der Waals surface area contributed by atoms with Gasteiger partial charge < -0.3 is 19.5 Å². The molecule has 1 saturated carbocycles. The van der Waals surface area contributed by atoms with Crippen molar-refractivity contribution in [3.8, 4) is 11.5 Å². The Bertz CT molecular complexity index is 674. The van der Waals surface area contributed by atoms with Crippen molar-refractivity contribution in [2.75, 3.05) is 14.2 Å². The highest BCUT2D eigenvalue weighted by Crippen LogP contribution is 2.40. The normalized spacial score (nSPS) is 24.8. The third-order valence-corrected chi connectivity index (χ3v) is 5.74. The van der Waals surface area contributed by atoms with Crippen LogP contribution in [0.25, 0.3) is 0 Å². The van der Waals surface area contributed by atoms with Crippen LogP contribution in [0.1, 0.15) is 44.1 Å². The first-order valence-corrected chi connectivity index (χ1v) is 9.30. The summed E-state index contributed by atoms with van der Waals surface area (Å²) in [7, 11) is 3.17. The average molecular weight is 361 g/mol. The fraction of sp³-hybridized carbons (Fsp3) is 0.600. The SMILES string of the molecule is COc1ccc(CCC(=O)N2[C@@H]3CCCC[C@@H]3C[C@H]2C(=O)O)cc1OC. The second kappa shape index (κ2) is 7.98. The summed E-state index contributed by atoms with van der Waals surface area (Å²) in [6, 6.07) is 5.04. The fourth-order valence-corrected chi connectivity index (χ4v) is 4.46. The molecule has 6 heteroatoms. The van der Waals surface area contributed by atoms with Crippen LogP contribution in [0.15, 0.2) is 18.2 Å². The Morgan fingerprint density at radius 3 is 2.58 bits per heavy atom. The van der Waals surface area contributed by atoms with E-state index in [4.69, 9.17) is 9.47 Å². The number of fused-ring (bicyclic) bond motifs is 1. The van der Waals surface area contributed by atoms with Gasteiger partial charge in [0.05, 0.1) is 14.2 Å². The molecule has 6 nitrogen and oxygen atoms in total. The highest BCUT2D eigenvalue weighted by atomic mass is 16.5. The largest absolute Gasteiger partial charge is 0.493 e. The molecule has 2 aliphatic rings. The highest BCUT2D eigenvalue weighted by Gasteiger charge is 2.47. The third-order valence-electron chi connectivity index (χ3n) is 5.74. The van der Waals surface area contributed by atoms with Crippen LogP contribution >= 0.6 is 0 Å². The van der Waals surface area contributed by atoms with Gasteiger partial charge in [0.15, 0.2) is 11.5 Å². The molecule has 1 aromatic rings. The summed E-state index contributed by atoms with van der Waals surface area (Å²) in [6.45, 7) is 0. The number of aryl methyl sites for hydroxylation is 1. The molecule has 1 aliphatic carbocycles. The van der Waals surface area contributed by atoms with Crippen molar-refractivity contribution < 1.29 is 24.2 Å². The van der Waals surface area contributed by atoms with E-state index in [1.54, 1.807) is 19.1 Å². The second-order valence-corrected chi connectivity index (χ2v) is 7.19. The number of ether oxygens (including phenoxy) is 2. The predicted octanol–water partition coefficient (Wildman–Crippen LogP) is 2.88. The zero-order chi connectivity index (χ0) is 18.7. The van der Waals surface area contributed by atoms with Crippen LogP contribution in [-0.2, 0) is 16.0 Å². The molecule has 0 radical (unpaired) electrons. The highest BCUT2D eigenvalue weighted by molar-refractivity contribution is 5.85. The average Bonchev–Trinajstić information content (AvgIpc) is 3.05. The van der Waals surface area contributed by atoms with E-state index in [-0.39, 0.29) is 11.9 Å². The number of carboxylic acid groups (broad SMARTS) is 1. The van der Waals surface area contributed by atoms with E-state index < -0.39 is 12.0 Å². The zero-order valence-corrected chi connectivity index (χ0v) is 15.4. The minimum atomic E-state index is -0.876. The van der Waals surface area contributed by atoms with Crippen molar-refractivity contribution in [2.45, 2.75) is 57.0 Å². The van der Waals surface area contributed by atoms with Gasteiger partial charge in [-0.3, -0.25) is 4.79 Å². The Balaban J connectivity index is 1.69. The molecule has 0 unspecified atom stereocenters. The number of carbonyl (C=O) groups excluding carboxylic acids is 1. The first-order valence-electron chi connectivity index (χ1n) is 9.30. The summed E-state index contributed by atoms with van der Waals surface area (Å²) in [4.78, 5) is 26.2. The zero-order valence-electron chi connectivity index (χ0n) is 15.4. The molecule has 3 atom stereocenters. The molecule has 26 heavy (non-hydrogen) atoms. The van der Waals surface area contributed by atoms with Crippen LogP contribution in [0.4, 0.5) is 0 Å². The number of hydrogen-bond acceptors (Lipinski definition) is 4. The molecule has 1 amide bonds. The standard InChI is InChI=1S/C20H27NO5/c1-25-17-9-7-13(11-18(17)26-2)8-10-19(22)21-15-6-4-3-5-14(15)12-16(21)20(23)24/h7,9,11,14-16H,3-6,8,10,12H2,1-2H3,(H,23,24)/t14-,15-,16+/m1/s1. The van der Waals surface area contributed by atoms with Gasteiger partial charge in [0, 0.05) is 12.5 Å². The lowest BCUT2D eigenvalue weighted by Crippen LogP contribution is -2.46. The van der Waals surface area contributed by atoms with Crippen LogP contribution in [0.5, 0.6) is 11.5 Å². The van der Waals surface area contributed by atoms with Gasteiger partial charge in [-0.25, -0.2) is 4.79 Å². The number of carboxylic acids is 1. The lowest BCUT2D eigenvalue weighted by Gasteiger charge is -2.33. The van der Waals surface area contributed by atoms with E-state index in [1.165, 1.54) is 0 Å². The number of nitrogens with zero attached hydrogens (tertiary/aromatic N) is 1. The van der Waals surface area contributed by atoms with Gasteiger partial charge in [-0.1, -0.05) is 18.9 Å². The molecule has 3 rings (SSSR count).